The summed E-state index contributed by atoms with van der Waals surface area (Å²) in [6.45, 7) is 17.0. The lowest BCUT2D eigenvalue weighted by atomic mass is 9.61. The Morgan fingerprint density at radius 3 is 2.29 bits per heavy atom. The lowest BCUT2D eigenvalue weighted by Crippen LogP contribution is -2.36. The second kappa shape index (κ2) is 3.73. The zero-order valence-electron chi connectivity index (χ0n) is 12.6. The topological polar surface area (TPSA) is 0 Å². The third-order valence-electron chi connectivity index (χ3n) is 5.70. The van der Waals surface area contributed by atoms with Gasteiger partial charge in [-0.25, -0.2) is 0 Å². The fourth-order valence-corrected chi connectivity index (χ4v) is 4.26. The smallest absolute Gasteiger partial charge is 0.00816 e. The van der Waals surface area contributed by atoms with Crippen LogP contribution in [0.2, 0.25) is 0 Å². The molecule has 0 nitrogen and oxygen atoms in total. The summed E-state index contributed by atoms with van der Waals surface area (Å²) in [5, 5.41) is 0. The Balaban J connectivity index is 2.50. The largest absolute Gasteiger partial charge is 0.0812 e. The summed E-state index contributed by atoms with van der Waals surface area (Å²) in [5.41, 5.74) is 5.83. The second-order valence-electron chi connectivity index (χ2n) is 7.50. The molecule has 17 heavy (non-hydrogen) atoms. The lowest BCUT2D eigenvalue weighted by molar-refractivity contribution is 0.0909. The predicted octanol–water partition coefficient (Wildman–Crippen LogP) is 5.36. The molecular weight excluding hydrogens is 204 g/mol. The van der Waals surface area contributed by atoms with Gasteiger partial charge in [-0.05, 0) is 42.4 Å². The van der Waals surface area contributed by atoms with Crippen LogP contribution in [0, 0.1) is 22.7 Å². The van der Waals surface area contributed by atoms with Crippen molar-refractivity contribution in [3.63, 3.8) is 0 Å². The zero-order valence-corrected chi connectivity index (χ0v) is 12.6. The molecule has 0 aromatic carbocycles. The molecule has 0 heteroatoms. The molecule has 0 bridgehead atoms. The standard InChI is InChI=1S/C17H28/c1-11(2)15-13-9-8-12(3)10-14(13)16(4,5)17(15,6)7/h8,11,15H,9-10H2,1-7H3. The van der Waals surface area contributed by atoms with Gasteiger partial charge in [0.2, 0.25) is 0 Å². The van der Waals surface area contributed by atoms with E-state index in [1.165, 1.54) is 12.8 Å². The summed E-state index contributed by atoms with van der Waals surface area (Å²) in [6, 6.07) is 0. The highest BCUT2D eigenvalue weighted by molar-refractivity contribution is 5.41. The first-order chi connectivity index (χ1) is 7.69. The van der Waals surface area contributed by atoms with Crippen LogP contribution in [0.3, 0.4) is 0 Å². The molecule has 0 heterocycles. The summed E-state index contributed by atoms with van der Waals surface area (Å²) in [7, 11) is 0. The van der Waals surface area contributed by atoms with Gasteiger partial charge in [0.15, 0.2) is 0 Å². The summed E-state index contributed by atoms with van der Waals surface area (Å²) in [5.74, 6) is 1.51. The van der Waals surface area contributed by atoms with Crippen LogP contribution in [0.4, 0.5) is 0 Å². The maximum absolute atomic E-state index is 2.48. The molecule has 0 aromatic rings. The quantitative estimate of drug-likeness (QED) is 0.534. The normalized spacial score (nSPS) is 30.6. The van der Waals surface area contributed by atoms with E-state index in [1.807, 2.05) is 0 Å². The van der Waals surface area contributed by atoms with Crippen LogP contribution in [-0.4, -0.2) is 0 Å². The van der Waals surface area contributed by atoms with E-state index in [0.29, 0.717) is 10.8 Å². The van der Waals surface area contributed by atoms with E-state index < -0.39 is 0 Å². The number of hydrogen-bond acceptors (Lipinski definition) is 0. The van der Waals surface area contributed by atoms with E-state index in [2.05, 4.69) is 54.5 Å². The molecule has 1 atom stereocenters. The van der Waals surface area contributed by atoms with E-state index in [4.69, 9.17) is 0 Å². The highest BCUT2D eigenvalue weighted by atomic mass is 14.6. The van der Waals surface area contributed by atoms with Crippen molar-refractivity contribution in [2.45, 2.75) is 61.3 Å². The monoisotopic (exact) mass is 232 g/mol. The van der Waals surface area contributed by atoms with Crippen LogP contribution in [0.1, 0.15) is 61.3 Å². The molecule has 0 saturated carbocycles. The average molecular weight is 232 g/mol. The van der Waals surface area contributed by atoms with Gasteiger partial charge in [0.1, 0.15) is 0 Å². The molecule has 2 aliphatic carbocycles. The molecule has 0 spiro atoms. The lowest BCUT2D eigenvalue weighted by Gasteiger charge is -2.43. The Morgan fingerprint density at radius 2 is 1.76 bits per heavy atom. The third kappa shape index (κ3) is 1.63. The van der Waals surface area contributed by atoms with Gasteiger partial charge in [-0.2, -0.15) is 0 Å². The number of allylic oxidation sites excluding steroid dienone is 4. The van der Waals surface area contributed by atoms with Gasteiger partial charge in [-0.1, -0.05) is 64.3 Å². The molecule has 1 unspecified atom stereocenters. The van der Waals surface area contributed by atoms with Gasteiger partial charge >= 0.3 is 0 Å². The van der Waals surface area contributed by atoms with E-state index in [-0.39, 0.29) is 0 Å². The van der Waals surface area contributed by atoms with Crippen LogP contribution in [0.15, 0.2) is 22.8 Å². The maximum atomic E-state index is 2.48. The Morgan fingerprint density at radius 1 is 1.18 bits per heavy atom. The van der Waals surface area contributed by atoms with Crippen molar-refractivity contribution in [1.82, 2.24) is 0 Å². The van der Waals surface area contributed by atoms with Gasteiger partial charge in [-0.3, -0.25) is 0 Å². The Kier molecular flexibility index (Phi) is 2.84. The molecule has 0 fully saturated rings. The number of hydrogen-bond donors (Lipinski definition) is 0. The summed E-state index contributed by atoms with van der Waals surface area (Å²) >= 11 is 0. The molecule has 0 radical (unpaired) electrons. The molecule has 96 valence electrons. The van der Waals surface area contributed by atoms with Crippen molar-refractivity contribution in [1.29, 1.82) is 0 Å². The van der Waals surface area contributed by atoms with Crippen molar-refractivity contribution in [2.24, 2.45) is 22.7 Å². The van der Waals surface area contributed by atoms with Crippen molar-refractivity contribution in [3.05, 3.63) is 22.8 Å². The van der Waals surface area contributed by atoms with Crippen molar-refractivity contribution in [3.8, 4) is 0 Å². The van der Waals surface area contributed by atoms with Gasteiger partial charge in [0.05, 0.1) is 0 Å². The Bertz CT molecular complexity index is 388. The first-order valence-corrected chi connectivity index (χ1v) is 7.07. The van der Waals surface area contributed by atoms with Crippen molar-refractivity contribution < 1.29 is 0 Å². The van der Waals surface area contributed by atoms with Gasteiger partial charge < -0.3 is 0 Å². The molecule has 0 saturated heterocycles. The van der Waals surface area contributed by atoms with Gasteiger partial charge in [0.25, 0.3) is 0 Å². The highest BCUT2D eigenvalue weighted by Crippen LogP contribution is 2.63. The van der Waals surface area contributed by atoms with E-state index >= 15 is 0 Å². The van der Waals surface area contributed by atoms with Gasteiger partial charge in [0, 0.05) is 0 Å². The minimum absolute atomic E-state index is 0.354. The fraction of sp³-hybridized carbons (Fsp3) is 0.765. The molecule has 2 aliphatic rings. The average Bonchev–Trinajstić information content (AvgIpc) is 2.33. The maximum Gasteiger partial charge on any atom is -0.00816 e. The minimum atomic E-state index is 0.354. The molecule has 0 N–H and O–H groups in total. The fourth-order valence-electron chi connectivity index (χ4n) is 4.26. The first-order valence-electron chi connectivity index (χ1n) is 7.07. The van der Waals surface area contributed by atoms with E-state index in [1.54, 1.807) is 16.7 Å². The van der Waals surface area contributed by atoms with E-state index in [0.717, 1.165) is 11.8 Å². The molecule has 0 amide bonds. The summed E-state index contributed by atoms with van der Waals surface area (Å²) in [4.78, 5) is 0. The van der Waals surface area contributed by atoms with Crippen LogP contribution in [0.25, 0.3) is 0 Å². The van der Waals surface area contributed by atoms with E-state index in [9.17, 15) is 0 Å². The number of rotatable bonds is 1. The summed E-state index contributed by atoms with van der Waals surface area (Å²) in [6.07, 6.45) is 4.87. The van der Waals surface area contributed by atoms with Gasteiger partial charge in [-0.15, -0.1) is 0 Å². The van der Waals surface area contributed by atoms with Crippen molar-refractivity contribution in [2.75, 3.05) is 0 Å². The molecule has 2 rings (SSSR count). The highest BCUT2D eigenvalue weighted by Gasteiger charge is 2.53. The van der Waals surface area contributed by atoms with Crippen molar-refractivity contribution >= 4 is 0 Å². The van der Waals surface area contributed by atoms with Crippen LogP contribution < -0.4 is 0 Å². The third-order valence-corrected chi connectivity index (χ3v) is 5.70. The van der Waals surface area contributed by atoms with Crippen LogP contribution >= 0.6 is 0 Å². The van der Waals surface area contributed by atoms with Crippen LogP contribution in [0.5, 0.6) is 0 Å². The Labute approximate surface area is 107 Å². The van der Waals surface area contributed by atoms with Crippen LogP contribution in [-0.2, 0) is 0 Å². The zero-order chi connectivity index (χ0) is 13.0. The minimum Gasteiger partial charge on any atom is -0.0812 e. The second-order valence-corrected chi connectivity index (χ2v) is 7.50. The first kappa shape index (κ1) is 12.9. The summed E-state index contributed by atoms with van der Waals surface area (Å²) < 4.78 is 0. The molecule has 0 aromatic heterocycles. The SMILES string of the molecule is CC1=CCC2=C(C1)C(C)(C)C(C)(C)C2C(C)C. The molecule has 0 aliphatic heterocycles. The Hall–Kier alpha value is -0.520. The molecular formula is C17H28. The predicted molar refractivity (Wildman–Crippen MR) is 75.9 cm³/mol.